The molecule has 0 radical (unpaired) electrons. The molecule has 0 saturated carbocycles. The molecule has 1 amide bonds. The van der Waals surface area contributed by atoms with Crippen LogP contribution >= 0.6 is 0 Å². The van der Waals surface area contributed by atoms with Crippen LogP contribution < -0.4 is 5.32 Å². The second kappa shape index (κ2) is 24.9. The number of aliphatic hydroxyl groups is 3. The largest absolute Gasteiger partial charge is 0.394 e. The molecule has 0 saturated heterocycles. The molecule has 0 rings (SSSR count). The SMILES string of the molecule is CCCCC/C=C\CCCCCCC(O)C(=O)NC(CO)C(O)/C=C/CCCCCCCCC. The van der Waals surface area contributed by atoms with Crippen molar-refractivity contribution in [3.8, 4) is 0 Å². The van der Waals surface area contributed by atoms with Crippen molar-refractivity contribution >= 4 is 5.91 Å². The number of rotatable bonds is 24. The predicted octanol–water partition coefficient (Wildman–Crippen LogP) is 6.36. The van der Waals surface area contributed by atoms with Crippen molar-refractivity contribution in [1.29, 1.82) is 0 Å². The molecule has 200 valence electrons. The molecule has 0 aliphatic carbocycles. The van der Waals surface area contributed by atoms with Gasteiger partial charge in [-0.05, 0) is 44.9 Å². The van der Waals surface area contributed by atoms with Crippen molar-refractivity contribution in [2.75, 3.05) is 6.61 Å². The number of carbonyl (C=O) groups is 1. The van der Waals surface area contributed by atoms with E-state index in [4.69, 9.17) is 0 Å². The Bertz CT molecular complexity index is 506. The summed E-state index contributed by atoms with van der Waals surface area (Å²) in [5, 5.41) is 32.5. The summed E-state index contributed by atoms with van der Waals surface area (Å²) >= 11 is 0. The van der Waals surface area contributed by atoms with Gasteiger partial charge in [0.2, 0.25) is 5.91 Å². The molecule has 5 nitrogen and oxygen atoms in total. The maximum absolute atomic E-state index is 12.2. The van der Waals surface area contributed by atoms with Gasteiger partial charge >= 0.3 is 0 Å². The molecule has 5 heteroatoms. The monoisotopic (exact) mass is 481 g/mol. The number of hydrogen-bond acceptors (Lipinski definition) is 4. The maximum atomic E-state index is 12.2. The number of amides is 1. The van der Waals surface area contributed by atoms with Crippen LogP contribution in [0.2, 0.25) is 0 Å². The summed E-state index contributed by atoms with van der Waals surface area (Å²) < 4.78 is 0. The quantitative estimate of drug-likeness (QED) is 0.0954. The Morgan fingerprint density at radius 2 is 1.18 bits per heavy atom. The van der Waals surface area contributed by atoms with Gasteiger partial charge in [0.1, 0.15) is 6.10 Å². The second-order valence-electron chi connectivity index (χ2n) is 9.60. The first kappa shape index (κ1) is 32.8. The van der Waals surface area contributed by atoms with Crippen LogP contribution in [0.4, 0.5) is 0 Å². The first-order chi connectivity index (χ1) is 16.6. The van der Waals surface area contributed by atoms with E-state index in [0.29, 0.717) is 6.42 Å². The van der Waals surface area contributed by atoms with E-state index in [1.54, 1.807) is 6.08 Å². The average molecular weight is 482 g/mol. The molecule has 0 aromatic carbocycles. The van der Waals surface area contributed by atoms with E-state index in [2.05, 4.69) is 31.3 Å². The molecular weight excluding hydrogens is 426 g/mol. The highest BCUT2D eigenvalue weighted by Gasteiger charge is 2.22. The Labute approximate surface area is 210 Å². The van der Waals surface area contributed by atoms with Gasteiger partial charge in [0, 0.05) is 0 Å². The van der Waals surface area contributed by atoms with E-state index in [9.17, 15) is 20.1 Å². The summed E-state index contributed by atoms with van der Waals surface area (Å²) in [5.41, 5.74) is 0. The lowest BCUT2D eigenvalue weighted by Gasteiger charge is -2.21. The van der Waals surface area contributed by atoms with Gasteiger partial charge in [-0.25, -0.2) is 0 Å². The normalized spacial score (nSPS) is 14.6. The summed E-state index contributed by atoms with van der Waals surface area (Å²) in [6.45, 7) is 4.07. The molecule has 3 unspecified atom stereocenters. The van der Waals surface area contributed by atoms with Crippen molar-refractivity contribution in [3.05, 3.63) is 24.3 Å². The number of hydrogen-bond donors (Lipinski definition) is 4. The third-order valence-electron chi connectivity index (χ3n) is 6.29. The van der Waals surface area contributed by atoms with Gasteiger partial charge in [-0.15, -0.1) is 0 Å². The Morgan fingerprint density at radius 1 is 0.706 bits per heavy atom. The number of allylic oxidation sites excluding steroid dienone is 3. The molecular formula is C29H55NO4. The molecule has 0 heterocycles. The van der Waals surface area contributed by atoms with Gasteiger partial charge < -0.3 is 20.6 Å². The number of nitrogens with one attached hydrogen (secondary N) is 1. The van der Waals surface area contributed by atoms with E-state index >= 15 is 0 Å². The van der Waals surface area contributed by atoms with Gasteiger partial charge in [-0.3, -0.25) is 4.79 Å². The molecule has 0 fully saturated rings. The minimum atomic E-state index is -1.10. The zero-order valence-corrected chi connectivity index (χ0v) is 22.2. The zero-order valence-electron chi connectivity index (χ0n) is 22.2. The van der Waals surface area contributed by atoms with Crippen molar-refractivity contribution in [2.24, 2.45) is 0 Å². The van der Waals surface area contributed by atoms with E-state index in [-0.39, 0.29) is 6.61 Å². The van der Waals surface area contributed by atoms with Crippen molar-refractivity contribution < 1.29 is 20.1 Å². The lowest BCUT2D eigenvalue weighted by molar-refractivity contribution is -0.131. The highest BCUT2D eigenvalue weighted by molar-refractivity contribution is 5.80. The molecule has 0 bridgehead atoms. The second-order valence-corrected chi connectivity index (χ2v) is 9.60. The third kappa shape index (κ3) is 20.2. The zero-order chi connectivity index (χ0) is 25.3. The fourth-order valence-corrected chi connectivity index (χ4v) is 3.94. The Kier molecular flexibility index (Phi) is 24.1. The van der Waals surface area contributed by atoms with Crippen LogP contribution in [0.15, 0.2) is 24.3 Å². The van der Waals surface area contributed by atoms with Crippen LogP contribution in [0.25, 0.3) is 0 Å². The van der Waals surface area contributed by atoms with Gasteiger partial charge in [0.15, 0.2) is 0 Å². The Hall–Kier alpha value is -1.17. The van der Waals surface area contributed by atoms with Crippen LogP contribution in [-0.4, -0.2) is 46.1 Å². The van der Waals surface area contributed by atoms with E-state index < -0.39 is 24.2 Å². The van der Waals surface area contributed by atoms with Crippen molar-refractivity contribution in [3.63, 3.8) is 0 Å². The Balaban J connectivity index is 3.91. The van der Waals surface area contributed by atoms with E-state index in [0.717, 1.165) is 44.9 Å². The van der Waals surface area contributed by atoms with Crippen LogP contribution in [0.5, 0.6) is 0 Å². The van der Waals surface area contributed by atoms with Gasteiger partial charge in [0.05, 0.1) is 18.8 Å². The lowest BCUT2D eigenvalue weighted by Crippen LogP contribution is -2.48. The summed E-state index contributed by atoms with van der Waals surface area (Å²) in [4.78, 5) is 12.2. The summed E-state index contributed by atoms with van der Waals surface area (Å²) in [6, 6.07) is -0.795. The average Bonchev–Trinajstić information content (AvgIpc) is 2.84. The minimum Gasteiger partial charge on any atom is -0.394 e. The lowest BCUT2D eigenvalue weighted by atomic mass is 10.1. The molecule has 4 N–H and O–H groups in total. The van der Waals surface area contributed by atoms with E-state index in [1.165, 1.54) is 64.2 Å². The molecule has 0 aliphatic rings. The van der Waals surface area contributed by atoms with Crippen LogP contribution in [0.1, 0.15) is 129 Å². The minimum absolute atomic E-state index is 0.368. The summed E-state index contributed by atoms with van der Waals surface area (Å²) in [5.74, 6) is -0.520. The third-order valence-corrected chi connectivity index (χ3v) is 6.29. The fourth-order valence-electron chi connectivity index (χ4n) is 3.94. The van der Waals surface area contributed by atoms with Crippen molar-refractivity contribution in [2.45, 2.75) is 148 Å². The number of unbranched alkanes of at least 4 members (excludes halogenated alkanes) is 14. The summed E-state index contributed by atoms with van der Waals surface area (Å²) in [6.07, 6.45) is 26.1. The fraction of sp³-hybridized carbons (Fsp3) is 0.828. The molecule has 0 aliphatic heterocycles. The van der Waals surface area contributed by atoms with Gasteiger partial charge in [-0.2, -0.15) is 0 Å². The standard InChI is InChI=1S/C29H55NO4/c1-3-5-7-9-11-13-14-16-18-20-22-24-28(33)29(34)30-26(25-31)27(32)23-21-19-17-15-12-10-8-6-4-2/h11,13,21,23,26-28,31-33H,3-10,12,14-20,22,24-25H2,1-2H3,(H,30,34)/b13-11-,23-21+. The first-order valence-corrected chi connectivity index (χ1v) is 14.2. The smallest absolute Gasteiger partial charge is 0.249 e. The van der Waals surface area contributed by atoms with Gasteiger partial charge in [0.25, 0.3) is 0 Å². The highest BCUT2D eigenvalue weighted by Crippen LogP contribution is 2.11. The van der Waals surface area contributed by atoms with Crippen molar-refractivity contribution in [1.82, 2.24) is 5.32 Å². The van der Waals surface area contributed by atoms with Crippen LogP contribution in [0, 0.1) is 0 Å². The molecule has 34 heavy (non-hydrogen) atoms. The molecule has 0 spiro atoms. The Morgan fingerprint density at radius 3 is 1.76 bits per heavy atom. The van der Waals surface area contributed by atoms with Gasteiger partial charge in [-0.1, -0.05) is 109 Å². The van der Waals surface area contributed by atoms with Crippen LogP contribution in [0.3, 0.4) is 0 Å². The first-order valence-electron chi connectivity index (χ1n) is 14.2. The number of aliphatic hydroxyl groups excluding tert-OH is 3. The number of carbonyl (C=O) groups excluding carboxylic acids is 1. The molecule has 0 aromatic rings. The predicted molar refractivity (Wildman–Crippen MR) is 144 cm³/mol. The topological polar surface area (TPSA) is 89.8 Å². The molecule has 0 aromatic heterocycles. The summed E-state index contributed by atoms with van der Waals surface area (Å²) in [7, 11) is 0. The molecule has 3 atom stereocenters. The highest BCUT2D eigenvalue weighted by atomic mass is 16.3. The van der Waals surface area contributed by atoms with Crippen LogP contribution in [-0.2, 0) is 4.79 Å². The maximum Gasteiger partial charge on any atom is 0.249 e. The van der Waals surface area contributed by atoms with E-state index in [1.807, 2.05) is 6.08 Å².